The van der Waals surface area contributed by atoms with E-state index in [1.807, 2.05) is 24.3 Å². The van der Waals surface area contributed by atoms with Gasteiger partial charge < -0.3 is 14.8 Å². The molecule has 0 fully saturated rings. The van der Waals surface area contributed by atoms with Gasteiger partial charge in [-0.15, -0.1) is 0 Å². The average Bonchev–Trinajstić information content (AvgIpc) is 3.22. The number of carbonyl (C=O) groups is 2. The van der Waals surface area contributed by atoms with Gasteiger partial charge in [-0.3, -0.25) is 9.59 Å². The number of amides is 1. The first-order chi connectivity index (χ1) is 15.4. The van der Waals surface area contributed by atoms with Crippen LogP contribution < -0.4 is 10.1 Å². The van der Waals surface area contributed by atoms with Crippen LogP contribution in [0.1, 0.15) is 35.2 Å². The van der Waals surface area contributed by atoms with Crippen LogP contribution in [0, 0.1) is 5.92 Å². The molecular weight excluding hydrogens is 436 g/mol. The van der Waals surface area contributed by atoms with E-state index in [4.69, 9.17) is 9.47 Å². The van der Waals surface area contributed by atoms with Gasteiger partial charge in [-0.1, -0.05) is 48.2 Å². The number of esters is 1. The summed E-state index contributed by atoms with van der Waals surface area (Å²) in [6.07, 6.45) is 4.21. The second-order valence-electron chi connectivity index (χ2n) is 7.25. The molecule has 1 N–H and O–H groups in total. The molecule has 2 aromatic rings. The number of benzene rings is 2. The summed E-state index contributed by atoms with van der Waals surface area (Å²) in [5.74, 6) is -3.51. The highest BCUT2D eigenvalue weighted by Crippen LogP contribution is 2.36. The number of thioether (sulfide) groups is 1. The number of allylic oxidation sites excluding steroid dienone is 1. The molecule has 170 valence electrons. The molecule has 32 heavy (non-hydrogen) atoms. The molecule has 0 bridgehead atoms. The van der Waals surface area contributed by atoms with E-state index in [1.165, 1.54) is 12.1 Å². The van der Waals surface area contributed by atoms with Crippen LogP contribution in [0.4, 0.5) is 8.78 Å². The molecule has 1 aliphatic rings. The zero-order chi connectivity index (χ0) is 23.1. The number of alkyl halides is 2. The van der Waals surface area contributed by atoms with Gasteiger partial charge in [0.05, 0.1) is 25.2 Å². The lowest BCUT2D eigenvalue weighted by Crippen LogP contribution is -2.34. The Bertz CT molecular complexity index is 982. The molecule has 3 atom stereocenters. The predicted molar refractivity (Wildman–Crippen MR) is 119 cm³/mol. The molecule has 0 saturated heterocycles. The number of hydrogen-bond acceptors (Lipinski definition) is 5. The Kier molecular flexibility index (Phi) is 8.27. The molecule has 1 aliphatic carbocycles. The summed E-state index contributed by atoms with van der Waals surface area (Å²) in [6.45, 7) is 2.01. The van der Waals surface area contributed by atoms with Crippen molar-refractivity contribution in [1.29, 1.82) is 0 Å². The minimum atomic E-state index is -2.62. The van der Waals surface area contributed by atoms with E-state index in [0.29, 0.717) is 23.9 Å². The molecule has 1 amide bonds. The fraction of sp³-hybridized carbons (Fsp3) is 0.333. The predicted octanol–water partition coefficient (Wildman–Crippen LogP) is 5.03. The first-order valence-electron chi connectivity index (χ1n) is 10.3. The van der Waals surface area contributed by atoms with Crippen molar-refractivity contribution in [3.05, 3.63) is 71.8 Å². The van der Waals surface area contributed by atoms with Crippen molar-refractivity contribution in [2.24, 2.45) is 5.92 Å². The Labute approximate surface area is 190 Å². The van der Waals surface area contributed by atoms with Crippen LogP contribution in [0.15, 0.2) is 65.6 Å². The van der Waals surface area contributed by atoms with Crippen molar-refractivity contribution in [2.75, 3.05) is 13.7 Å². The molecule has 2 aromatic carbocycles. The zero-order valence-corrected chi connectivity index (χ0v) is 18.6. The van der Waals surface area contributed by atoms with Crippen LogP contribution in [-0.2, 0) is 9.53 Å². The molecule has 0 aliphatic heterocycles. The van der Waals surface area contributed by atoms with Crippen LogP contribution in [0.25, 0.3) is 0 Å². The topological polar surface area (TPSA) is 64.6 Å². The third-order valence-corrected chi connectivity index (χ3v) is 5.99. The van der Waals surface area contributed by atoms with E-state index in [9.17, 15) is 18.4 Å². The summed E-state index contributed by atoms with van der Waals surface area (Å²) in [6, 6.07) is 13.2. The average molecular weight is 462 g/mol. The molecule has 0 unspecified atom stereocenters. The number of ether oxygens (including phenoxy) is 2. The Morgan fingerprint density at radius 3 is 2.66 bits per heavy atom. The van der Waals surface area contributed by atoms with Gasteiger partial charge >= 0.3 is 5.97 Å². The minimum Gasteiger partial charge on any atom is -0.497 e. The molecule has 0 aromatic heterocycles. The Balaban J connectivity index is 1.74. The number of methoxy groups -OCH3 is 1. The maximum atomic E-state index is 12.8. The minimum absolute atomic E-state index is 0.197. The van der Waals surface area contributed by atoms with E-state index in [0.717, 1.165) is 5.56 Å². The van der Waals surface area contributed by atoms with Gasteiger partial charge in [0.15, 0.2) is 0 Å². The second kappa shape index (κ2) is 11.1. The van der Waals surface area contributed by atoms with Crippen LogP contribution in [0.5, 0.6) is 5.75 Å². The lowest BCUT2D eigenvalue weighted by atomic mass is 9.85. The monoisotopic (exact) mass is 461 g/mol. The van der Waals surface area contributed by atoms with Crippen LogP contribution in [0.3, 0.4) is 0 Å². The lowest BCUT2D eigenvalue weighted by Gasteiger charge is -2.23. The van der Waals surface area contributed by atoms with Gasteiger partial charge in [0.25, 0.3) is 11.7 Å². The summed E-state index contributed by atoms with van der Waals surface area (Å²) in [5.41, 5.74) is 0.965. The number of nitrogens with one attached hydrogen (secondary N) is 1. The molecule has 0 spiro atoms. The van der Waals surface area contributed by atoms with Crippen molar-refractivity contribution < 1.29 is 27.8 Å². The van der Waals surface area contributed by atoms with E-state index in [1.54, 1.807) is 38.3 Å². The summed E-state index contributed by atoms with van der Waals surface area (Å²) in [4.78, 5) is 25.7. The SMILES string of the molecule is CCOC(=O)[C@H](c1cccc(OC)c1)[C@H]1C=C[C@H](NC(=O)c2ccccc2SC(F)F)C1. The smallest absolute Gasteiger partial charge is 0.314 e. The summed E-state index contributed by atoms with van der Waals surface area (Å²) in [7, 11) is 1.56. The van der Waals surface area contributed by atoms with Crippen LogP contribution >= 0.6 is 11.8 Å². The van der Waals surface area contributed by atoms with Crippen molar-refractivity contribution in [2.45, 2.75) is 36.0 Å². The molecule has 0 saturated carbocycles. The highest BCUT2D eigenvalue weighted by atomic mass is 32.2. The van der Waals surface area contributed by atoms with Gasteiger partial charge in [0.1, 0.15) is 5.75 Å². The summed E-state index contributed by atoms with van der Waals surface area (Å²) >= 11 is 0.342. The quantitative estimate of drug-likeness (QED) is 0.322. The standard InChI is InChI=1S/C24H25F2NO4S/c1-3-31-23(29)21(15-7-6-8-18(14-15)30-2)16-11-12-17(13-16)27-22(28)19-9-4-5-10-20(19)32-24(25)26/h4-12,14,16-17,21,24H,3,13H2,1-2H3,(H,27,28)/t16-,17-,21+/m0/s1. The van der Waals surface area contributed by atoms with Crippen LogP contribution in [0.2, 0.25) is 0 Å². The van der Waals surface area contributed by atoms with E-state index < -0.39 is 17.6 Å². The molecule has 0 heterocycles. The fourth-order valence-electron chi connectivity index (χ4n) is 3.81. The van der Waals surface area contributed by atoms with Crippen molar-refractivity contribution in [1.82, 2.24) is 5.32 Å². The Morgan fingerprint density at radius 2 is 1.94 bits per heavy atom. The largest absolute Gasteiger partial charge is 0.497 e. The highest BCUT2D eigenvalue weighted by molar-refractivity contribution is 7.99. The third-order valence-electron chi connectivity index (χ3n) is 5.20. The highest BCUT2D eigenvalue weighted by Gasteiger charge is 2.34. The van der Waals surface area contributed by atoms with Gasteiger partial charge in [-0.05, 0) is 49.1 Å². The zero-order valence-electron chi connectivity index (χ0n) is 17.8. The van der Waals surface area contributed by atoms with Gasteiger partial charge in [0.2, 0.25) is 0 Å². The molecular formula is C24H25F2NO4S. The van der Waals surface area contributed by atoms with Crippen molar-refractivity contribution in [3.63, 3.8) is 0 Å². The van der Waals surface area contributed by atoms with E-state index in [-0.39, 0.29) is 35.0 Å². The number of halogens is 2. The maximum Gasteiger partial charge on any atom is 0.314 e. The molecule has 5 nitrogen and oxygen atoms in total. The number of rotatable bonds is 9. The number of hydrogen-bond donors (Lipinski definition) is 1. The molecule has 3 rings (SSSR count). The Hall–Kier alpha value is -2.87. The lowest BCUT2D eigenvalue weighted by molar-refractivity contribution is -0.146. The molecule has 8 heteroatoms. The normalized spacial score (nSPS) is 18.4. The van der Waals surface area contributed by atoms with Gasteiger partial charge in [-0.25, -0.2) is 0 Å². The van der Waals surface area contributed by atoms with E-state index >= 15 is 0 Å². The Morgan fingerprint density at radius 1 is 1.16 bits per heavy atom. The summed E-state index contributed by atoms with van der Waals surface area (Å²) < 4.78 is 36.3. The molecule has 0 radical (unpaired) electrons. The second-order valence-corrected chi connectivity index (χ2v) is 8.28. The first kappa shape index (κ1) is 23.8. The fourth-order valence-corrected chi connectivity index (χ4v) is 4.44. The van der Waals surface area contributed by atoms with Crippen LogP contribution in [-0.4, -0.2) is 37.4 Å². The first-order valence-corrected chi connectivity index (χ1v) is 11.1. The van der Waals surface area contributed by atoms with Gasteiger partial charge in [0, 0.05) is 10.9 Å². The van der Waals surface area contributed by atoms with Gasteiger partial charge in [-0.2, -0.15) is 8.78 Å². The van der Waals surface area contributed by atoms with Crippen molar-refractivity contribution >= 4 is 23.6 Å². The van der Waals surface area contributed by atoms with E-state index in [2.05, 4.69) is 5.32 Å². The third kappa shape index (κ3) is 5.88. The number of carbonyl (C=O) groups excluding carboxylic acids is 2. The van der Waals surface area contributed by atoms with Crippen molar-refractivity contribution in [3.8, 4) is 5.75 Å². The maximum absolute atomic E-state index is 12.8. The summed E-state index contributed by atoms with van der Waals surface area (Å²) in [5, 5.41) is 2.88.